The molecule has 0 amide bonds. The maximum Gasteiger partial charge on any atom is 0.0722 e. The summed E-state index contributed by atoms with van der Waals surface area (Å²) in [5, 5.41) is 5.41. The molecule has 128 valence electrons. The molecule has 4 aromatic carbocycles. The van der Waals surface area contributed by atoms with E-state index in [-0.39, 0.29) is 0 Å². The van der Waals surface area contributed by atoms with Crippen LogP contribution in [-0.2, 0) is 0 Å². The largest absolute Gasteiger partial charge is 0.308 e. The molecule has 0 saturated carbocycles. The molecule has 27 heavy (non-hydrogen) atoms. The molecule has 0 aliphatic heterocycles. The van der Waals surface area contributed by atoms with E-state index in [4.69, 9.17) is 0 Å². The lowest BCUT2D eigenvalue weighted by atomic mass is 10.0. The number of hydrogen-bond acceptors (Lipinski definition) is 1. The van der Waals surface area contributed by atoms with E-state index in [0.29, 0.717) is 0 Å². The molecule has 0 bridgehead atoms. The fourth-order valence-electron chi connectivity index (χ4n) is 4.37. The minimum Gasteiger partial charge on any atom is -0.308 e. The SMILES string of the molecule is Cc1cc2c3ccccc3sc2c2c1c1ccccc1n2-c1ccccc1. The number of thiophene rings is 1. The lowest BCUT2D eigenvalue weighted by Gasteiger charge is -2.08. The van der Waals surface area contributed by atoms with Crippen molar-refractivity contribution < 1.29 is 0 Å². The number of nitrogens with zero attached hydrogens (tertiary/aromatic N) is 1. The molecule has 6 rings (SSSR count). The van der Waals surface area contributed by atoms with E-state index in [2.05, 4.69) is 96.4 Å². The Morgan fingerprint density at radius 3 is 2.26 bits per heavy atom. The van der Waals surface area contributed by atoms with Gasteiger partial charge in [0.2, 0.25) is 0 Å². The second kappa shape index (κ2) is 5.45. The van der Waals surface area contributed by atoms with Gasteiger partial charge in [-0.15, -0.1) is 11.3 Å². The van der Waals surface area contributed by atoms with Gasteiger partial charge in [0, 0.05) is 31.9 Å². The number of fused-ring (bicyclic) bond motifs is 7. The third-order valence-electron chi connectivity index (χ3n) is 5.49. The van der Waals surface area contributed by atoms with E-state index in [0.717, 1.165) is 0 Å². The maximum absolute atomic E-state index is 2.44. The number of aryl methyl sites for hydroxylation is 1. The summed E-state index contributed by atoms with van der Waals surface area (Å²) in [4.78, 5) is 0. The van der Waals surface area contributed by atoms with Gasteiger partial charge in [-0.25, -0.2) is 0 Å². The van der Waals surface area contributed by atoms with Crippen LogP contribution >= 0.6 is 11.3 Å². The molecule has 0 unspecified atom stereocenters. The van der Waals surface area contributed by atoms with Gasteiger partial charge in [0.1, 0.15) is 0 Å². The van der Waals surface area contributed by atoms with Crippen molar-refractivity contribution in [3.63, 3.8) is 0 Å². The summed E-state index contributed by atoms with van der Waals surface area (Å²) in [6.45, 7) is 2.25. The van der Waals surface area contributed by atoms with E-state index in [1.54, 1.807) is 0 Å². The van der Waals surface area contributed by atoms with Gasteiger partial charge < -0.3 is 4.57 Å². The van der Waals surface area contributed by atoms with Crippen molar-refractivity contribution in [3.05, 3.63) is 90.5 Å². The first-order chi connectivity index (χ1) is 13.3. The van der Waals surface area contributed by atoms with E-state index < -0.39 is 0 Å². The van der Waals surface area contributed by atoms with Gasteiger partial charge >= 0.3 is 0 Å². The Hall–Kier alpha value is -3.10. The van der Waals surface area contributed by atoms with Crippen molar-refractivity contribution in [2.45, 2.75) is 6.92 Å². The van der Waals surface area contributed by atoms with Crippen LogP contribution in [0.3, 0.4) is 0 Å². The summed E-state index contributed by atoms with van der Waals surface area (Å²) in [5.41, 5.74) is 5.16. The van der Waals surface area contributed by atoms with E-state index >= 15 is 0 Å². The molecule has 2 heteroatoms. The quantitative estimate of drug-likeness (QED) is 0.286. The normalized spacial score (nSPS) is 11.9. The van der Waals surface area contributed by atoms with Crippen molar-refractivity contribution in [1.82, 2.24) is 4.57 Å². The highest BCUT2D eigenvalue weighted by atomic mass is 32.1. The Labute approximate surface area is 161 Å². The Morgan fingerprint density at radius 2 is 1.41 bits per heavy atom. The lowest BCUT2D eigenvalue weighted by Crippen LogP contribution is -1.93. The van der Waals surface area contributed by atoms with E-state index in [1.165, 1.54) is 53.2 Å². The molecule has 0 aliphatic rings. The molecule has 1 nitrogen and oxygen atoms in total. The molecule has 6 aromatic rings. The molecule has 0 radical (unpaired) electrons. The van der Waals surface area contributed by atoms with Crippen LogP contribution in [0.15, 0.2) is 84.9 Å². The van der Waals surface area contributed by atoms with Crippen LogP contribution < -0.4 is 0 Å². The third kappa shape index (κ3) is 1.99. The topological polar surface area (TPSA) is 4.93 Å². The number of rotatable bonds is 1. The van der Waals surface area contributed by atoms with Gasteiger partial charge in [0.25, 0.3) is 0 Å². The standard InChI is InChI=1S/C25H17NS/c1-16-15-20-18-11-6-8-14-22(18)27-25(20)24-23(16)19-12-5-7-13-21(19)26(24)17-9-3-2-4-10-17/h2-15H,1H3. The molecule has 2 aromatic heterocycles. The Kier molecular flexibility index (Phi) is 3.03. The summed E-state index contributed by atoms with van der Waals surface area (Å²) in [5.74, 6) is 0. The highest BCUT2D eigenvalue weighted by Crippen LogP contribution is 2.44. The Morgan fingerprint density at radius 1 is 0.704 bits per heavy atom. The molecular formula is C25H17NS. The average molecular weight is 363 g/mol. The predicted molar refractivity (Wildman–Crippen MR) is 118 cm³/mol. The summed E-state index contributed by atoms with van der Waals surface area (Å²) in [6.07, 6.45) is 0. The first kappa shape index (κ1) is 15.0. The minimum atomic E-state index is 1.22. The zero-order chi connectivity index (χ0) is 18.0. The number of hydrogen-bond donors (Lipinski definition) is 0. The smallest absolute Gasteiger partial charge is 0.0722 e. The van der Waals surface area contributed by atoms with Crippen LogP contribution in [-0.4, -0.2) is 4.57 Å². The van der Waals surface area contributed by atoms with Crippen molar-refractivity contribution in [3.8, 4) is 5.69 Å². The van der Waals surface area contributed by atoms with Crippen LogP contribution in [0.1, 0.15) is 5.56 Å². The van der Waals surface area contributed by atoms with Gasteiger partial charge in [0.05, 0.1) is 15.7 Å². The predicted octanol–water partition coefficient (Wildman–Crippen LogP) is 7.46. The fourth-order valence-corrected chi connectivity index (χ4v) is 5.60. The molecule has 0 spiro atoms. The molecule has 0 aliphatic carbocycles. The van der Waals surface area contributed by atoms with Gasteiger partial charge in [-0.1, -0.05) is 54.6 Å². The number of benzene rings is 4. The van der Waals surface area contributed by atoms with Crippen molar-refractivity contribution in [1.29, 1.82) is 0 Å². The van der Waals surface area contributed by atoms with Crippen LogP contribution in [0, 0.1) is 6.92 Å². The molecule has 0 atom stereocenters. The van der Waals surface area contributed by atoms with E-state index in [9.17, 15) is 0 Å². The molecule has 2 heterocycles. The molecule has 0 saturated heterocycles. The van der Waals surface area contributed by atoms with Crippen molar-refractivity contribution in [2.24, 2.45) is 0 Å². The highest BCUT2D eigenvalue weighted by Gasteiger charge is 2.19. The van der Waals surface area contributed by atoms with Crippen molar-refractivity contribution in [2.75, 3.05) is 0 Å². The van der Waals surface area contributed by atoms with Gasteiger partial charge in [0.15, 0.2) is 0 Å². The minimum absolute atomic E-state index is 1.22. The third-order valence-corrected chi connectivity index (χ3v) is 6.69. The molecule has 0 N–H and O–H groups in total. The number of para-hydroxylation sites is 2. The van der Waals surface area contributed by atoms with Gasteiger partial charge in [-0.05, 0) is 42.8 Å². The Balaban J connectivity index is 1.96. The fraction of sp³-hybridized carbons (Fsp3) is 0.0400. The first-order valence-electron chi connectivity index (χ1n) is 9.22. The second-order valence-electron chi connectivity index (χ2n) is 7.08. The second-order valence-corrected chi connectivity index (χ2v) is 8.13. The van der Waals surface area contributed by atoms with Gasteiger partial charge in [-0.2, -0.15) is 0 Å². The van der Waals surface area contributed by atoms with Gasteiger partial charge in [-0.3, -0.25) is 0 Å². The summed E-state index contributed by atoms with van der Waals surface area (Å²) in [7, 11) is 0. The zero-order valence-corrected chi connectivity index (χ0v) is 15.8. The lowest BCUT2D eigenvalue weighted by molar-refractivity contribution is 1.19. The molecular weight excluding hydrogens is 346 g/mol. The monoisotopic (exact) mass is 363 g/mol. The summed E-state index contributed by atoms with van der Waals surface area (Å²) < 4.78 is 5.16. The van der Waals surface area contributed by atoms with Crippen LogP contribution in [0.25, 0.3) is 47.7 Å². The Bertz CT molecular complexity index is 1470. The summed E-state index contributed by atoms with van der Waals surface area (Å²) in [6, 6.07) is 30.6. The summed E-state index contributed by atoms with van der Waals surface area (Å²) >= 11 is 1.90. The maximum atomic E-state index is 2.44. The molecule has 0 fully saturated rings. The highest BCUT2D eigenvalue weighted by molar-refractivity contribution is 7.26. The zero-order valence-electron chi connectivity index (χ0n) is 14.9. The average Bonchev–Trinajstić information content (AvgIpc) is 3.25. The van der Waals surface area contributed by atoms with Crippen molar-refractivity contribution >= 4 is 53.3 Å². The first-order valence-corrected chi connectivity index (χ1v) is 10.0. The van der Waals surface area contributed by atoms with E-state index in [1.807, 2.05) is 11.3 Å². The van der Waals surface area contributed by atoms with Crippen LogP contribution in [0.4, 0.5) is 0 Å². The van der Waals surface area contributed by atoms with Crippen LogP contribution in [0.2, 0.25) is 0 Å². The van der Waals surface area contributed by atoms with Crippen LogP contribution in [0.5, 0.6) is 0 Å². The number of aromatic nitrogens is 1.